The fourth-order valence-electron chi connectivity index (χ4n) is 6.43. The van der Waals surface area contributed by atoms with Gasteiger partial charge >= 0.3 is 5.97 Å². The number of esters is 1. The van der Waals surface area contributed by atoms with Crippen molar-refractivity contribution >= 4 is 17.6 Å². The maximum Gasteiger partial charge on any atom is 0.340 e. The van der Waals surface area contributed by atoms with Crippen LogP contribution in [0.3, 0.4) is 0 Å². The smallest absolute Gasteiger partial charge is 0.340 e. The molecule has 8 nitrogen and oxygen atoms in total. The minimum absolute atomic E-state index is 0.00366. The van der Waals surface area contributed by atoms with Gasteiger partial charge in [-0.1, -0.05) is 30.3 Å². The van der Waals surface area contributed by atoms with E-state index < -0.39 is 0 Å². The number of piperazine rings is 1. The molecule has 4 aromatic rings. The van der Waals surface area contributed by atoms with Gasteiger partial charge in [0.15, 0.2) is 11.5 Å². The highest BCUT2D eigenvalue weighted by molar-refractivity contribution is 6.06. The molecular formula is C35H37N3O5. The maximum absolute atomic E-state index is 13.7. The van der Waals surface area contributed by atoms with Gasteiger partial charge in [-0.05, 0) is 67.8 Å². The van der Waals surface area contributed by atoms with E-state index in [1.54, 1.807) is 14.2 Å². The number of amides is 1. The zero-order valence-electron chi connectivity index (χ0n) is 25.2. The van der Waals surface area contributed by atoms with Crippen molar-refractivity contribution in [1.29, 1.82) is 0 Å². The number of methoxy groups -OCH3 is 2. The number of benzene rings is 3. The van der Waals surface area contributed by atoms with Gasteiger partial charge in [0.1, 0.15) is 0 Å². The zero-order chi connectivity index (χ0) is 30.1. The van der Waals surface area contributed by atoms with Crippen molar-refractivity contribution in [2.24, 2.45) is 0 Å². The Morgan fingerprint density at radius 2 is 1.56 bits per heavy atom. The number of hydrogen-bond acceptors (Lipinski definition) is 6. The summed E-state index contributed by atoms with van der Waals surface area (Å²) in [5.74, 6) is 0.873. The summed E-state index contributed by atoms with van der Waals surface area (Å²) in [6.07, 6.45) is 0.785. The lowest BCUT2D eigenvalue weighted by Gasteiger charge is -2.36. The Hall–Kier alpha value is -4.72. The lowest BCUT2D eigenvalue weighted by atomic mass is 9.93. The van der Waals surface area contributed by atoms with Crippen molar-refractivity contribution in [3.8, 4) is 33.9 Å². The molecule has 0 N–H and O–H groups in total. The third kappa shape index (κ3) is 5.11. The lowest BCUT2D eigenvalue weighted by molar-refractivity contribution is 0.0528. The van der Waals surface area contributed by atoms with Crippen LogP contribution in [0.5, 0.6) is 11.5 Å². The van der Waals surface area contributed by atoms with Crippen LogP contribution in [0.2, 0.25) is 0 Å². The number of carbonyl (C=O) groups is 2. The first-order valence-corrected chi connectivity index (χ1v) is 14.8. The Balaban J connectivity index is 1.37. The van der Waals surface area contributed by atoms with Crippen LogP contribution in [0.25, 0.3) is 22.4 Å². The van der Waals surface area contributed by atoms with E-state index in [4.69, 9.17) is 14.2 Å². The monoisotopic (exact) mass is 579 g/mol. The number of nitrogens with zero attached hydrogens (tertiary/aromatic N) is 3. The minimum Gasteiger partial charge on any atom is -0.493 e. The van der Waals surface area contributed by atoms with E-state index in [9.17, 15) is 9.59 Å². The van der Waals surface area contributed by atoms with E-state index in [0.717, 1.165) is 53.2 Å². The molecule has 1 amide bonds. The first-order chi connectivity index (χ1) is 20.9. The summed E-state index contributed by atoms with van der Waals surface area (Å²) < 4.78 is 19.0. The number of carbonyl (C=O) groups excluding carboxylic acids is 2. The molecule has 3 aromatic carbocycles. The fourth-order valence-corrected chi connectivity index (χ4v) is 6.43. The second-order valence-electron chi connectivity index (χ2n) is 10.9. The number of aromatic nitrogens is 1. The van der Waals surface area contributed by atoms with Crippen LogP contribution in [-0.4, -0.2) is 68.3 Å². The van der Waals surface area contributed by atoms with E-state index in [1.165, 1.54) is 5.69 Å². The molecule has 0 bridgehead atoms. The highest BCUT2D eigenvalue weighted by Gasteiger charge is 2.33. The lowest BCUT2D eigenvalue weighted by Crippen LogP contribution is -2.48. The second kappa shape index (κ2) is 11.9. The third-order valence-electron chi connectivity index (χ3n) is 8.56. The van der Waals surface area contributed by atoms with Crippen molar-refractivity contribution in [1.82, 2.24) is 9.47 Å². The molecule has 0 atom stereocenters. The Kier molecular flexibility index (Phi) is 7.84. The van der Waals surface area contributed by atoms with Crippen LogP contribution in [0.4, 0.5) is 5.69 Å². The normalized spacial score (nSPS) is 14.1. The number of aryl methyl sites for hydroxylation is 1. The molecule has 0 spiro atoms. The molecule has 1 fully saturated rings. The summed E-state index contributed by atoms with van der Waals surface area (Å²) in [5.41, 5.74) is 7.67. The second-order valence-corrected chi connectivity index (χ2v) is 10.9. The van der Waals surface area contributed by atoms with E-state index in [0.29, 0.717) is 42.3 Å². The largest absolute Gasteiger partial charge is 0.493 e. The maximum atomic E-state index is 13.7. The van der Waals surface area contributed by atoms with Gasteiger partial charge in [-0.25, -0.2) is 4.79 Å². The standard InChI is InChI=1S/C35H37N3O5/c1-5-43-35(40)32-31(23(2)38-15-14-24-21-29(41-3)30(42-4)22-28(24)33(32)38)25-10-9-11-26(20-25)34(39)37-18-16-36(17-19-37)27-12-7-6-8-13-27/h6-13,20-22H,5,14-19H2,1-4H3. The van der Waals surface area contributed by atoms with Crippen molar-refractivity contribution in [3.05, 3.63) is 89.1 Å². The molecule has 0 radical (unpaired) electrons. The number of hydrogen-bond donors (Lipinski definition) is 0. The Morgan fingerprint density at radius 3 is 2.26 bits per heavy atom. The topological polar surface area (TPSA) is 73.2 Å². The van der Waals surface area contributed by atoms with Crippen LogP contribution in [-0.2, 0) is 17.7 Å². The number of fused-ring (bicyclic) bond motifs is 3. The fraction of sp³-hybridized carbons (Fsp3) is 0.314. The van der Waals surface area contributed by atoms with Gasteiger partial charge in [0.05, 0.1) is 32.1 Å². The quantitative estimate of drug-likeness (QED) is 0.256. The van der Waals surface area contributed by atoms with Gasteiger partial charge in [0, 0.05) is 60.8 Å². The van der Waals surface area contributed by atoms with Crippen molar-refractivity contribution < 1.29 is 23.8 Å². The third-order valence-corrected chi connectivity index (χ3v) is 8.56. The molecule has 222 valence electrons. The molecule has 43 heavy (non-hydrogen) atoms. The summed E-state index contributed by atoms with van der Waals surface area (Å²) in [5, 5.41) is 0. The molecule has 2 aliphatic rings. The first kappa shape index (κ1) is 28.4. The summed E-state index contributed by atoms with van der Waals surface area (Å²) in [7, 11) is 3.23. The molecule has 6 rings (SSSR count). The summed E-state index contributed by atoms with van der Waals surface area (Å²) in [4.78, 5) is 31.6. The minimum atomic E-state index is -0.384. The van der Waals surface area contributed by atoms with E-state index in [2.05, 4.69) is 21.6 Å². The van der Waals surface area contributed by atoms with Crippen LogP contribution in [0, 0.1) is 6.92 Å². The summed E-state index contributed by atoms with van der Waals surface area (Å²) in [6.45, 7) is 7.66. The van der Waals surface area contributed by atoms with Crippen LogP contribution >= 0.6 is 0 Å². The first-order valence-electron chi connectivity index (χ1n) is 14.8. The van der Waals surface area contributed by atoms with Gasteiger partial charge in [0.2, 0.25) is 0 Å². The summed E-state index contributed by atoms with van der Waals surface area (Å²) >= 11 is 0. The van der Waals surface area contributed by atoms with E-state index >= 15 is 0 Å². The van der Waals surface area contributed by atoms with Gasteiger partial charge in [0.25, 0.3) is 5.91 Å². The number of rotatable bonds is 7. The van der Waals surface area contributed by atoms with Gasteiger partial charge < -0.3 is 28.6 Å². The molecule has 0 unspecified atom stereocenters. The van der Waals surface area contributed by atoms with Crippen LogP contribution in [0.1, 0.15) is 38.9 Å². The molecule has 0 aliphatic carbocycles. The van der Waals surface area contributed by atoms with Gasteiger partial charge in [-0.2, -0.15) is 0 Å². The molecule has 8 heteroatoms. The number of para-hydroxylation sites is 1. The molecular weight excluding hydrogens is 542 g/mol. The van der Waals surface area contributed by atoms with Crippen LogP contribution < -0.4 is 14.4 Å². The predicted molar refractivity (Wildman–Crippen MR) is 167 cm³/mol. The highest BCUT2D eigenvalue weighted by Crippen LogP contribution is 2.45. The Bertz CT molecular complexity index is 1670. The molecule has 1 saturated heterocycles. The molecule has 2 aliphatic heterocycles. The molecule has 0 saturated carbocycles. The highest BCUT2D eigenvalue weighted by atomic mass is 16.5. The van der Waals surface area contributed by atoms with Crippen molar-refractivity contribution in [3.63, 3.8) is 0 Å². The van der Waals surface area contributed by atoms with E-state index in [1.807, 2.05) is 73.3 Å². The number of ether oxygens (including phenoxy) is 3. The Labute approximate surface area is 252 Å². The van der Waals surface area contributed by atoms with Crippen molar-refractivity contribution in [2.45, 2.75) is 26.8 Å². The average molecular weight is 580 g/mol. The number of anilines is 1. The van der Waals surface area contributed by atoms with Gasteiger partial charge in [-0.3, -0.25) is 4.79 Å². The molecule has 3 heterocycles. The van der Waals surface area contributed by atoms with Crippen molar-refractivity contribution in [2.75, 3.05) is 51.9 Å². The Morgan fingerprint density at radius 1 is 0.837 bits per heavy atom. The zero-order valence-corrected chi connectivity index (χ0v) is 25.2. The predicted octanol–water partition coefficient (Wildman–Crippen LogP) is 5.84. The van der Waals surface area contributed by atoms with Gasteiger partial charge in [-0.15, -0.1) is 0 Å². The average Bonchev–Trinajstić information content (AvgIpc) is 3.36. The summed E-state index contributed by atoms with van der Waals surface area (Å²) in [6, 6.07) is 21.9. The SMILES string of the molecule is CCOC(=O)c1c(-c2cccc(C(=O)N3CCN(c4ccccc4)CC3)c2)c(C)n2c1-c1cc(OC)c(OC)cc1CC2. The van der Waals surface area contributed by atoms with E-state index in [-0.39, 0.29) is 18.5 Å². The molecule has 1 aromatic heterocycles. The van der Waals surface area contributed by atoms with Crippen LogP contribution in [0.15, 0.2) is 66.7 Å².